The van der Waals surface area contributed by atoms with E-state index in [1.807, 2.05) is 6.92 Å². The highest BCUT2D eigenvalue weighted by Crippen LogP contribution is 2.35. The van der Waals surface area contributed by atoms with Crippen molar-refractivity contribution in [2.75, 3.05) is 23.7 Å². The molecule has 0 aliphatic rings. The summed E-state index contributed by atoms with van der Waals surface area (Å²) in [6.45, 7) is 1.07. The first kappa shape index (κ1) is 15.9. The number of nitrogens with zero attached hydrogens (tertiary/aromatic N) is 2. The van der Waals surface area contributed by atoms with Crippen LogP contribution in [0.5, 0.6) is 0 Å². The fourth-order valence-electron chi connectivity index (χ4n) is 2.28. The molecule has 0 unspecified atom stereocenters. The van der Waals surface area contributed by atoms with Crippen LogP contribution in [0.15, 0.2) is 28.9 Å². The highest BCUT2D eigenvalue weighted by atomic mass is 79.9. The molecule has 0 fully saturated rings. The van der Waals surface area contributed by atoms with E-state index in [0.717, 1.165) is 4.47 Å². The Morgan fingerprint density at radius 3 is 2.67 bits per heavy atom. The number of nitrogen functional groups attached to an aromatic ring is 1. The highest BCUT2D eigenvalue weighted by molar-refractivity contribution is 9.10. The lowest BCUT2D eigenvalue weighted by Gasteiger charge is -2.28. The van der Waals surface area contributed by atoms with Crippen LogP contribution in [0.25, 0.3) is 10.9 Å². The summed E-state index contributed by atoms with van der Waals surface area (Å²) in [4.78, 5) is 5.44. The minimum Gasteiger partial charge on any atom is -0.396 e. The van der Waals surface area contributed by atoms with Crippen molar-refractivity contribution in [3.05, 3.63) is 28.9 Å². The Bertz CT molecular complexity index is 638. The first-order valence-electron chi connectivity index (χ1n) is 6.47. The second-order valence-electron chi connectivity index (χ2n) is 4.76. The fraction of sp³-hybridized carbons (Fsp3) is 0.357. The van der Waals surface area contributed by atoms with Gasteiger partial charge in [-0.1, -0.05) is 22.9 Å². The van der Waals surface area contributed by atoms with Gasteiger partial charge in [0, 0.05) is 16.4 Å². The molecule has 0 atom stereocenters. The van der Waals surface area contributed by atoms with E-state index in [-0.39, 0.29) is 12.2 Å². The Labute approximate surface area is 129 Å². The molecule has 2 N–H and O–H groups in total. The Morgan fingerprint density at radius 2 is 2.05 bits per heavy atom. The molecule has 0 aliphatic carbocycles. The zero-order valence-corrected chi connectivity index (χ0v) is 13.0. The molecular formula is C14H15BrF3N3. The summed E-state index contributed by atoms with van der Waals surface area (Å²) < 4.78 is 39.2. The molecule has 1 aromatic carbocycles. The standard InChI is InChI=1S/C14H15BrF3N3/c1-2-5-21(8-14(16,17)18)13-10-6-9(15)3-4-12(10)20-7-11(13)19/h3-4,6-7H,2,5,8,19H2,1H3. The molecule has 21 heavy (non-hydrogen) atoms. The first-order chi connectivity index (χ1) is 9.81. The monoisotopic (exact) mass is 361 g/mol. The van der Waals surface area contributed by atoms with Gasteiger partial charge in [0.25, 0.3) is 0 Å². The van der Waals surface area contributed by atoms with E-state index < -0.39 is 12.7 Å². The Balaban J connectivity index is 2.60. The summed E-state index contributed by atoms with van der Waals surface area (Å²) in [5.41, 5.74) is 7.15. The van der Waals surface area contributed by atoms with Gasteiger partial charge in [-0.05, 0) is 24.6 Å². The van der Waals surface area contributed by atoms with Gasteiger partial charge < -0.3 is 10.6 Å². The number of aromatic nitrogens is 1. The number of halogens is 4. The van der Waals surface area contributed by atoms with Crippen LogP contribution in [0.2, 0.25) is 0 Å². The number of rotatable bonds is 4. The highest BCUT2D eigenvalue weighted by Gasteiger charge is 2.32. The topological polar surface area (TPSA) is 42.1 Å². The number of benzene rings is 1. The molecule has 0 spiro atoms. The first-order valence-corrected chi connectivity index (χ1v) is 7.26. The smallest absolute Gasteiger partial charge is 0.396 e. The van der Waals surface area contributed by atoms with Crippen molar-refractivity contribution in [1.29, 1.82) is 0 Å². The van der Waals surface area contributed by atoms with E-state index in [2.05, 4.69) is 20.9 Å². The maximum atomic E-state index is 12.8. The maximum Gasteiger partial charge on any atom is 0.405 e. The normalized spacial score (nSPS) is 11.9. The average Bonchev–Trinajstić information content (AvgIpc) is 2.36. The van der Waals surface area contributed by atoms with Gasteiger partial charge in [0.1, 0.15) is 6.54 Å². The summed E-state index contributed by atoms with van der Waals surface area (Å²) in [5.74, 6) is 0. The van der Waals surface area contributed by atoms with E-state index in [1.54, 1.807) is 18.2 Å². The van der Waals surface area contributed by atoms with E-state index in [4.69, 9.17) is 5.73 Å². The van der Waals surface area contributed by atoms with Crippen molar-refractivity contribution in [1.82, 2.24) is 4.98 Å². The number of fused-ring (bicyclic) bond motifs is 1. The van der Waals surface area contributed by atoms with Crippen molar-refractivity contribution in [3.63, 3.8) is 0 Å². The lowest BCUT2D eigenvalue weighted by Crippen LogP contribution is -2.35. The SMILES string of the molecule is CCCN(CC(F)(F)F)c1c(N)cnc2ccc(Br)cc12. The lowest BCUT2D eigenvalue weighted by atomic mass is 10.1. The zero-order chi connectivity index (χ0) is 15.6. The second-order valence-corrected chi connectivity index (χ2v) is 5.68. The van der Waals surface area contributed by atoms with Crippen LogP contribution in [-0.2, 0) is 0 Å². The van der Waals surface area contributed by atoms with Crippen LogP contribution >= 0.6 is 15.9 Å². The summed E-state index contributed by atoms with van der Waals surface area (Å²) in [6, 6.07) is 5.29. The molecule has 0 saturated carbocycles. The number of hydrogen-bond donors (Lipinski definition) is 1. The molecule has 0 radical (unpaired) electrons. The summed E-state index contributed by atoms with van der Waals surface area (Å²) >= 11 is 3.33. The summed E-state index contributed by atoms with van der Waals surface area (Å²) in [6.07, 6.45) is -2.29. The van der Waals surface area contributed by atoms with Gasteiger partial charge in [-0.3, -0.25) is 4.98 Å². The van der Waals surface area contributed by atoms with E-state index in [0.29, 0.717) is 23.0 Å². The third-order valence-corrected chi connectivity index (χ3v) is 3.50. The van der Waals surface area contributed by atoms with Crippen LogP contribution in [-0.4, -0.2) is 24.2 Å². The predicted octanol–water partition coefficient (Wildman–Crippen LogP) is 4.36. The van der Waals surface area contributed by atoms with Crippen molar-refractivity contribution < 1.29 is 13.2 Å². The quantitative estimate of drug-likeness (QED) is 0.879. The molecule has 2 rings (SSSR count). The van der Waals surface area contributed by atoms with Crippen molar-refractivity contribution in [2.24, 2.45) is 0 Å². The molecule has 0 saturated heterocycles. The number of alkyl halides is 3. The molecule has 1 aromatic heterocycles. The summed E-state index contributed by atoms with van der Waals surface area (Å²) in [7, 11) is 0. The van der Waals surface area contributed by atoms with E-state index in [1.165, 1.54) is 11.1 Å². The Hall–Kier alpha value is -1.50. The van der Waals surface area contributed by atoms with E-state index in [9.17, 15) is 13.2 Å². The number of nitrogens with two attached hydrogens (primary N) is 1. The number of anilines is 2. The predicted molar refractivity (Wildman–Crippen MR) is 82.4 cm³/mol. The second kappa shape index (κ2) is 6.09. The molecule has 1 heterocycles. The van der Waals surface area contributed by atoms with Crippen molar-refractivity contribution in [2.45, 2.75) is 19.5 Å². The molecule has 114 valence electrons. The molecule has 0 amide bonds. The van der Waals surface area contributed by atoms with Gasteiger partial charge in [-0.2, -0.15) is 13.2 Å². The third kappa shape index (κ3) is 3.78. The van der Waals surface area contributed by atoms with Crippen LogP contribution in [0.1, 0.15) is 13.3 Å². The number of hydrogen-bond acceptors (Lipinski definition) is 3. The molecule has 7 heteroatoms. The minimum atomic E-state index is -4.29. The van der Waals surface area contributed by atoms with Gasteiger partial charge in [0.05, 0.1) is 23.1 Å². The molecule has 2 aromatic rings. The number of pyridine rings is 1. The van der Waals surface area contributed by atoms with Gasteiger partial charge >= 0.3 is 6.18 Å². The third-order valence-electron chi connectivity index (χ3n) is 3.01. The molecular weight excluding hydrogens is 347 g/mol. The molecule has 0 aliphatic heterocycles. The van der Waals surface area contributed by atoms with Crippen LogP contribution in [0.4, 0.5) is 24.5 Å². The maximum absolute atomic E-state index is 12.8. The zero-order valence-electron chi connectivity index (χ0n) is 11.4. The largest absolute Gasteiger partial charge is 0.405 e. The minimum absolute atomic E-state index is 0.248. The molecule has 3 nitrogen and oxygen atoms in total. The Kier molecular flexibility index (Phi) is 4.61. The van der Waals surface area contributed by atoms with Crippen LogP contribution < -0.4 is 10.6 Å². The van der Waals surface area contributed by atoms with Gasteiger partial charge in [-0.15, -0.1) is 0 Å². The van der Waals surface area contributed by atoms with Gasteiger partial charge in [-0.25, -0.2) is 0 Å². The van der Waals surface area contributed by atoms with Crippen molar-refractivity contribution >= 4 is 38.2 Å². The van der Waals surface area contributed by atoms with Gasteiger partial charge in [0.15, 0.2) is 0 Å². The summed E-state index contributed by atoms with van der Waals surface area (Å²) in [5, 5.41) is 0.613. The van der Waals surface area contributed by atoms with Gasteiger partial charge in [0.2, 0.25) is 0 Å². The Morgan fingerprint density at radius 1 is 1.33 bits per heavy atom. The average molecular weight is 362 g/mol. The molecule has 0 bridgehead atoms. The van der Waals surface area contributed by atoms with Crippen molar-refractivity contribution in [3.8, 4) is 0 Å². The van der Waals surface area contributed by atoms with Crippen LogP contribution in [0, 0.1) is 0 Å². The van der Waals surface area contributed by atoms with E-state index >= 15 is 0 Å². The lowest BCUT2D eigenvalue weighted by molar-refractivity contribution is -0.119. The van der Waals surface area contributed by atoms with Crippen LogP contribution in [0.3, 0.4) is 0 Å². The fourth-order valence-corrected chi connectivity index (χ4v) is 2.64.